The molecule has 1 aliphatic carbocycles. The highest BCUT2D eigenvalue weighted by atomic mass is 16.5. The molecule has 0 aromatic heterocycles. The molecule has 152 valence electrons. The molecule has 6 nitrogen and oxygen atoms in total. The van der Waals surface area contributed by atoms with Crippen LogP contribution < -0.4 is 10.6 Å². The molecule has 0 radical (unpaired) electrons. The third-order valence-electron chi connectivity index (χ3n) is 5.85. The van der Waals surface area contributed by atoms with E-state index in [0.717, 1.165) is 32.2 Å². The number of carbonyl (C=O) groups excluding carboxylic acids is 2. The number of hydrogen-bond donors (Lipinski definition) is 2. The lowest BCUT2D eigenvalue weighted by Crippen LogP contribution is -2.48. The molecular weight excluding hydrogens is 366 g/mol. The predicted octanol–water partition coefficient (Wildman–Crippen LogP) is 3.96. The van der Waals surface area contributed by atoms with Gasteiger partial charge >= 0.3 is 6.03 Å². The average Bonchev–Trinajstić information content (AvgIpc) is 3.21. The summed E-state index contributed by atoms with van der Waals surface area (Å²) in [5.41, 5.74) is 2.49. The van der Waals surface area contributed by atoms with E-state index < -0.39 is 0 Å². The van der Waals surface area contributed by atoms with Crippen molar-refractivity contribution in [3.8, 4) is 0 Å². The van der Waals surface area contributed by atoms with Gasteiger partial charge in [-0.15, -0.1) is 0 Å². The Hall–Kier alpha value is -2.86. The molecule has 4 rings (SSSR count). The monoisotopic (exact) mass is 393 g/mol. The molecule has 2 aromatic carbocycles. The van der Waals surface area contributed by atoms with Crippen LogP contribution in [0.3, 0.4) is 0 Å². The van der Waals surface area contributed by atoms with Gasteiger partial charge in [0.2, 0.25) is 0 Å². The number of likely N-dealkylation sites (tertiary alicyclic amines) is 1. The molecule has 29 heavy (non-hydrogen) atoms. The van der Waals surface area contributed by atoms with Crippen molar-refractivity contribution in [2.24, 2.45) is 0 Å². The van der Waals surface area contributed by atoms with Crippen molar-refractivity contribution in [2.45, 2.75) is 43.9 Å². The minimum absolute atomic E-state index is 0.0347. The fourth-order valence-corrected chi connectivity index (χ4v) is 4.12. The standard InChI is InChI=1S/C23H27N3O3/c1-29-20-14-19(15-20)25-23(28)24-18-11-9-17(10-12-18)22(27)26-13-5-8-21(26)16-6-3-2-4-7-16/h2-4,6-7,9-12,19-21H,5,8,13-15H2,1H3,(H2,24,25,28). The van der Waals surface area contributed by atoms with Crippen molar-refractivity contribution in [3.05, 3.63) is 65.7 Å². The smallest absolute Gasteiger partial charge is 0.319 e. The Balaban J connectivity index is 1.35. The first-order chi connectivity index (χ1) is 14.1. The zero-order valence-corrected chi connectivity index (χ0v) is 16.6. The Morgan fingerprint density at radius 3 is 2.45 bits per heavy atom. The summed E-state index contributed by atoms with van der Waals surface area (Å²) < 4.78 is 5.22. The first-order valence-electron chi connectivity index (χ1n) is 10.2. The van der Waals surface area contributed by atoms with Crippen molar-refractivity contribution in [2.75, 3.05) is 19.0 Å². The highest BCUT2D eigenvalue weighted by Crippen LogP contribution is 2.33. The third kappa shape index (κ3) is 4.43. The van der Waals surface area contributed by atoms with Crippen molar-refractivity contribution in [1.82, 2.24) is 10.2 Å². The Morgan fingerprint density at radius 1 is 1.03 bits per heavy atom. The van der Waals surface area contributed by atoms with Crippen molar-refractivity contribution in [1.29, 1.82) is 0 Å². The molecule has 2 N–H and O–H groups in total. The largest absolute Gasteiger partial charge is 0.381 e. The molecule has 2 fully saturated rings. The number of benzene rings is 2. The molecule has 1 heterocycles. The number of anilines is 1. The van der Waals surface area contributed by atoms with Crippen molar-refractivity contribution >= 4 is 17.6 Å². The van der Waals surface area contributed by atoms with E-state index in [0.29, 0.717) is 11.3 Å². The quantitative estimate of drug-likeness (QED) is 0.808. The zero-order chi connectivity index (χ0) is 20.2. The summed E-state index contributed by atoms with van der Waals surface area (Å²) >= 11 is 0. The first kappa shape index (κ1) is 19.5. The summed E-state index contributed by atoms with van der Waals surface area (Å²) in [6.07, 6.45) is 3.93. The predicted molar refractivity (Wildman–Crippen MR) is 112 cm³/mol. The van der Waals surface area contributed by atoms with E-state index in [2.05, 4.69) is 22.8 Å². The zero-order valence-electron chi connectivity index (χ0n) is 16.6. The van der Waals surface area contributed by atoms with Crippen LogP contribution in [0.4, 0.5) is 10.5 Å². The Kier molecular flexibility index (Phi) is 5.81. The topological polar surface area (TPSA) is 70.7 Å². The van der Waals surface area contributed by atoms with E-state index in [1.165, 1.54) is 5.56 Å². The number of rotatable bonds is 5. The molecule has 3 amide bonds. The van der Waals surface area contributed by atoms with E-state index in [4.69, 9.17) is 4.74 Å². The molecule has 0 spiro atoms. The SMILES string of the molecule is COC1CC(NC(=O)Nc2ccc(C(=O)N3CCCC3c3ccccc3)cc2)C1. The van der Waals surface area contributed by atoms with Crippen LogP contribution in [0, 0.1) is 0 Å². The second kappa shape index (κ2) is 8.66. The van der Waals surface area contributed by atoms with Crippen LogP contribution in [0.1, 0.15) is 47.6 Å². The van der Waals surface area contributed by atoms with Gasteiger partial charge in [-0.1, -0.05) is 30.3 Å². The van der Waals surface area contributed by atoms with Gasteiger partial charge in [0.05, 0.1) is 12.1 Å². The summed E-state index contributed by atoms with van der Waals surface area (Å²) in [5, 5.41) is 5.76. The first-order valence-corrected chi connectivity index (χ1v) is 10.2. The highest BCUT2D eigenvalue weighted by Gasteiger charge is 2.31. The number of carbonyl (C=O) groups is 2. The lowest BCUT2D eigenvalue weighted by Gasteiger charge is -2.34. The van der Waals surface area contributed by atoms with E-state index in [-0.39, 0.29) is 30.1 Å². The molecule has 2 aromatic rings. The molecule has 1 unspecified atom stereocenters. The van der Waals surface area contributed by atoms with Gasteiger partial charge in [0.1, 0.15) is 0 Å². The fourth-order valence-electron chi connectivity index (χ4n) is 4.12. The van der Waals surface area contributed by atoms with Crippen LogP contribution in [-0.2, 0) is 4.74 Å². The van der Waals surface area contributed by atoms with Gasteiger partial charge in [-0.25, -0.2) is 4.79 Å². The lowest BCUT2D eigenvalue weighted by atomic mass is 9.89. The van der Waals surface area contributed by atoms with Gasteiger partial charge in [-0.2, -0.15) is 0 Å². The Bertz CT molecular complexity index is 847. The van der Waals surface area contributed by atoms with Gasteiger partial charge < -0.3 is 20.3 Å². The molecule has 1 saturated heterocycles. The fraction of sp³-hybridized carbons (Fsp3) is 0.391. The number of urea groups is 1. The van der Waals surface area contributed by atoms with Crippen LogP contribution >= 0.6 is 0 Å². The molecule has 1 saturated carbocycles. The number of hydrogen-bond acceptors (Lipinski definition) is 3. The van der Waals surface area contributed by atoms with E-state index in [1.54, 1.807) is 31.4 Å². The number of amides is 3. The maximum absolute atomic E-state index is 13.0. The Labute approximate surface area is 171 Å². The molecule has 0 bridgehead atoms. The summed E-state index contributed by atoms with van der Waals surface area (Å²) in [4.78, 5) is 27.1. The number of ether oxygens (including phenoxy) is 1. The van der Waals surface area contributed by atoms with Gasteiger partial charge in [0, 0.05) is 30.9 Å². The molecular formula is C23H27N3O3. The van der Waals surface area contributed by atoms with Crippen LogP contribution in [0.25, 0.3) is 0 Å². The third-order valence-corrected chi connectivity index (χ3v) is 5.85. The van der Waals surface area contributed by atoms with E-state index in [1.807, 2.05) is 23.1 Å². The minimum atomic E-state index is -0.229. The van der Waals surface area contributed by atoms with Crippen LogP contribution in [0.2, 0.25) is 0 Å². The lowest BCUT2D eigenvalue weighted by molar-refractivity contribution is 0.0210. The molecule has 1 atom stereocenters. The van der Waals surface area contributed by atoms with Gasteiger partial charge in [0.25, 0.3) is 5.91 Å². The molecule has 6 heteroatoms. The molecule has 1 aliphatic heterocycles. The van der Waals surface area contributed by atoms with E-state index >= 15 is 0 Å². The maximum Gasteiger partial charge on any atom is 0.319 e. The van der Waals surface area contributed by atoms with Crippen LogP contribution in [0.5, 0.6) is 0 Å². The second-order valence-electron chi connectivity index (χ2n) is 7.77. The number of methoxy groups -OCH3 is 1. The van der Waals surface area contributed by atoms with Crippen molar-refractivity contribution in [3.63, 3.8) is 0 Å². The van der Waals surface area contributed by atoms with Gasteiger partial charge in [-0.3, -0.25) is 4.79 Å². The Morgan fingerprint density at radius 2 is 1.76 bits per heavy atom. The second-order valence-corrected chi connectivity index (χ2v) is 7.77. The normalized spacial score (nSPS) is 23.3. The average molecular weight is 393 g/mol. The summed E-state index contributed by atoms with van der Waals surface area (Å²) in [5.74, 6) is 0.0347. The van der Waals surface area contributed by atoms with Crippen molar-refractivity contribution < 1.29 is 14.3 Å². The minimum Gasteiger partial charge on any atom is -0.381 e. The van der Waals surface area contributed by atoms with Gasteiger partial charge in [-0.05, 0) is 55.5 Å². The van der Waals surface area contributed by atoms with E-state index in [9.17, 15) is 9.59 Å². The highest BCUT2D eigenvalue weighted by molar-refractivity contribution is 5.96. The summed E-state index contributed by atoms with van der Waals surface area (Å²) in [7, 11) is 1.69. The summed E-state index contributed by atoms with van der Waals surface area (Å²) in [6.45, 7) is 0.769. The van der Waals surface area contributed by atoms with Gasteiger partial charge in [0.15, 0.2) is 0 Å². The molecule has 2 aliphatic rings. The summed E-state index contributed by atoms with van der Waals surface area (Å²) in [6, 6.07) is 17.4. The number of nitrogens with zero attached hydrogens (tertiary/aromatic N) is 1. The maximum atomic E-state index is 13.0. The van der Waals surface area contributed by atoms with Crippen LogP contribution in [0.15, 0.2) is 54.6 Å². The van der Waals surface area contributed by atoms with Crippen LogP contribution in [-0.4, -0.2) is 42.6 Å². The number of nitrogens with one attached hydrogen (secondary N) is 2.